The second kappa shape index (κ2) is 9.12. The highest BCUT2D eigenvalue weighted by Crippen LogP contribution is 2.25. The van der Waals surface area contributed by atoms with E-state index in [1.54, 1.807) is 0 Å². The Morgan fingerprint density at radius 3 is 2.27 bits per heavy atom. The lowest BCUT2D eigenvalue weighted by Crippen LogP contribution is -2.25. The van der Waals surface area contributed by atoms with E-state index in [0.717, 1.165) is 41.3 Å². The average Bonchev–Trinajstić information content (AvgIpc) is 3.65. The van der Waals surface area contributed by atoms with E-state index in [9.17, 15) is 4.79 Å². The average molecular weight is 437 g/mol. The molecule has 0 bridgehead atoms. The molecule has 1 heterocycles. The van der Waals surface area contributed by atoms with Gasteiger partial charge >= 0.3 is 0 Å². The highest BCUT2D eigenvalue weighted by molar-refractivity contribution is 5.95. The van der Waals surface area contributed by atoms with Crippen molar-refractivity contribution < 1.29 is 9.53 Å². The largest absolute Gasteiger partial charge is 0.457 e. The first kappa shape index (κ1) is 20.7. The maximum atomic E-state index is 12.2. The van der Waals surface area contributed by atoms with Gasteiger partial charge in [-0.3, -0.25) is 4.79 Å². The van der Waals surface area contributed by atoms with Gasteiger partial charge in [0.25, 0.3) is 5.91 Å². The number of para-hydroxylation sites is 1. The van der Waals surface area contributed by atoms with Gasteiger partial charge in [0.05, 0.1) is 0 Å². The lowest BCUT2D eigenvalue weighted by atomic mass is 10.1. The van der Waals surface area contributed by atoms with Gasteiger partial charge in [-0.15, -0.1) is 0 Å². The molecule has 0 spiro atoms. The smallest absolute Gasteiger partial charge is 0.251 e. The summed E-state index contributed by atoms with van der Waals surface area (Å²) in [5.74, 6) is 2.83. The Labute approximate surface area is 192 Å². The molecule has 33 heavy (non-hydrogen) atoms. The number of hydrogen-bond donors (Lipinski definition) is 2. The molecule has 1 saturated carbocycles. The van der Waals surface area contributed by atoms with Crippen LogP contribution < -0.4 is 15.4 Å². The van der Waals surface area contributed by atoms with E-state index in [1.165, 1.54) is 0 Å². The normalized spacial score (nSPS) is 12.8. The summed E-state index contributed by atoms with van der Waals surface area (Å²) in [6, 6.07) is 27.0. The van der Waals surface area contributed by atoms with E-state index in [0.29, 0.717) is 23.2 Å². The number of amides is 1. The lowest BCUT2D eigenvalue weighted by Gasteiger charge is -2.10. The highest BCUT2D eigenvalue weighted by atomic mass is 16.5. The zero-order valence-electron chi connectivity index (χ0n) is 18.3. The van der Waals surface area contributed by atoms with E-state index < -0.39 is 0 Å². The van der Waals surface area contributed by atoms with Crippen molar-refractivity contribution in [3.63, 3.8) is 0 Å². The summed E-state index contributed by atoms with van der Waals surface area (Å²) in [4.78, 5) is 21.5. The highest BCUT2D eigenvalue weighted by Gasteiger charge is 2.23. The van der Waals surface area contributed by atoms with Crippen molar-refractivity contribution in [2.75, 3.05) is 5.32 Å². The molecule has 3 aromatic carbocycles. The second-order valence-electron chi connectivity index (χ2n) is 8.11. The fraction of sp³-hybridized carbons (Fsp3) is 0.148. The van der Waals surface area contributed by atoms with Gasteiger partial charge < -0.3 is 15.4 Å². The van der Waals surface area contributed by atoms with Crippen molar-refractivity contribution in [3.05, 3.63) is 96.2 Å². The van der Waals surface area contributed by atoms with Crippen molar-refractivity contribution in [1.29, 1.82) is 0 Å². The summed E-state index contributed by atoms with van der Waals surface area (Å²) < 4.78 is 5.85. The first-order chi connectivity index (χ1) is 16.1. The molecule has 6 heteroatoms. The number of benzene rings is 3. The maximum absolute atomic E-state index is 12.2. The van der Waals surface area contributed by atoms with Gasteiger partial charge in [0.1, 0.15) is 17.3 Å². The van der Waals surface area contributed by atoms with Crippen LogP contribution in [-0.4, -0.2) is 21.9 Å². The number of aromatic nitrogens is 2. The molecule has 0 saturated heterocycles. The van der Waals surface area contributed by atoms with E-state index in [4.69, 9.17) is 4.74 Å². The number of carbonyl (C=O) groups is 1. The van der Waals surface area contributed by atoms with Gasteiger partial charge in [-0.2, -0.15) is 0 Å². The van der Waals surface area contributed by atoms with Crippen molar-refractivity contribution >= 4 is 17.4 Å². The molecule has 5 rings (SSSR count). The van der Waals surface area contributed by atoms with Gasteiger partial charge in [-0.05, 0) is 68.3 Å². The molecule has 0 unspecified atom stereocenters. The Morgan fingerprint density at radius 1 is 0.879 bits per heavy atom. The second-order valence-corrected chi connectivity index (χ2v) is 8.11. The topological polar surface area (TPSA) is 76.1 Å². The molecule has 1 aliphatic carbocycles. The van der Waals surface area contributed by atoms with Crippen molar-refractivity contribution in [2.45, 2.75) is 25.8 Å². The summed E-state index contributed by atoms with van der Waals surface area (Å²) in [6.07, 6.45) is 2.14. The molecule has 2 N–H and O–H groups in total. The van der Waals surface area contributed by atoms with Crippen LogP contribution in [0.15, 0.2) is 84.9 Å². The lowest BCUT2D eigenvalue weighted by molar-refractivity contribution is 0.0951. The number of aryl methyl sites for hydroxylation is 1. The van der Waals surface area contributed by atoms with Crippen molar-refractivity contribution in [3.8, 4) is 22.9 Å². The minimum atomic E-state index is -0.0312. The quantitative estimate of drug-likeness (QED) is 0.378. The van der Waals surface area contributed by atoms with Crippen LogP contribution in [0.4, 0.5) is 11.5 Å². The maximum Gasteiger partial charge on any atom is 0.251 e. The van der Waals surface area contributed by atoms with Crippen LogP contribution in [0.3, 0.4) is 0 Å². The number of nitrogens with one attached hydrogen (secondary N) is 2. The number of nitrogens with zero attached hydrogens (tertiary/aromatic N) is 2. The summed E-state index contributed by atoms with van der Waals surface area (Å²) in [7, 11) is 0. The molecule has 1 amide bonds. The molecule has 0 radical (unpaired) electrons. The third-order valence-corrected chi connectivity index (χ3v) is 5.28. The monoisotopic (exact) mass is 436 g/mol. The summed E-state index contributed by atoms with van der Waals surface area (Å²) in [5.41, 5.74) is 3.25. The molecule has 1 aliphatic rings. The summed E-state index contributed by atoms with van der Waals surface area (Å²) in [5, 5.41) is 6.34. The van der Waals surface area contributed by atoms with E-state index in [1.807, 2.05) is 91.9 Å². The minimum absolute atomic E-state index is 0.0312. The molecule has 1 fully saturated rings. The Kier molecular flexibility index (Phi) is 5.72. The molecular weight excluding hydrogens is 412 g/mol. The number of carbonyl (C=O) groups excluding carboxylic acids is 1. The first-order valence-electron chi connectivity index (χ1n) is 11.0. The van der Waals surface area contributed by atoms with Gasteiger partial charge in [0.15, 0.2) is 5.82 Å². The molecule has 0 aliphatic heterocycles. The van der Waals surface area contributed by atoms with Crippen LogP contribution >= 0.6 is 0 Å². The zero-order chi connectivity index (χ0) is 22.6. The zero-order valence-corrected chi connectivity index (χ0v) is 18.3. The molecular formula is C27H24N4O2. The fourth-order valence-corrected chi connectivity index (χ4v) is 3.41. The molecule has 6 nitrogen and oxygen atoms in total. The van der Waals surface area contributed by atoms with Gasteiger partial charge in [0, 0.05) is 34.6 Å². The van der Waals surface area contributed by atoms with E-state index in [-0.39, 0.29) is 5.91 Å². The van der Waals surface area contributed by atoms with Gasteiger partial charge in [0.2, 0.25) is 0 Å². The van der Waals surface area contributed by atoms with Crippen LogP contribution in [0, 0.1) is 6.92 Å². The van der Waals surface area contributed by atoms with E-state index >= 15 is 0 Å². The predicted molar refractivity (Wildman–Crippen MR) is 129 cm³/mol. The fourth-order valence-electron chi connectivity index (χ4n) is 3.41. The Balaban J connectivity index is 1.29. The number of rotatable bonds is 7. The molecule has 1 aromatic heterocycles. The SMILES string of the molecule is Cc1cc(Nc2ccc(Oc3ccccc3)cc2)nc(-c2ccc(C(=O)NC3CC3)cc2)n1. The van der Waals surface area contributed by atoms with Gasteiger partial charge in [-0.25, -0.2) is 9.97 Å². The Morgan fingerprint density at radius 2 is 1.58 bits per heavy atom. The van der Waals surface area contributed by atoms with Crippen LogP contribution in [0.1, 0.15) is 28.9 Å². The van der Waals surface area contributed by atoms with Crippen molar-refractivity contribution in [2.24, 2.45) is 0 Å². The molecule has 0 atom stereocenters. The molecule has 4 aromatic rings. The van der Waals surface area contributed by atoms with Crippen LogP contribution in [0.2, 0.25) is 0 Å². The van der Waals surface area contributed by atoms with Gasteiger partial charge in [-0.1, -0.05) is 30.3 Å². The minimum Gasteiger partial charge on any atom is -0.457 e. The summed E-state index contributed by atoms with van der Waals surface area (Å²) >= 11 is 0. The third kappa shape index (κ3) is 5.36. The third-order valence-electron chi connectivity index (χ3n) is 5.28. The van der Waals surface area contributed by atoms with Crippen molar-refractivity contribution in [1.82, 2.24) is 15.3 Å². The Hall–Kier alpha value is -4.19. The van der Waals surface area contributed by atoms with Crippen LogP contribution in [0.25, 0.3) is 11.4 Å². The number of anilines is 2. The Bertz CT molecular complexity index is 1250. The first-order valence-corrected chi connectivity index (χ1v) is 11.0. The standard InChI is InChI=1S/C27H24N4O2/c1-18-17-25(29-21-13-15-24(16-14-21)33-23-5-3-2-4-6-23)31-26(28-18)19-7-9-20(10-8-19)27(32)30-22-11-12-22/h2-10,13-17,22H,11-12H2,1H3,(H,30,32)(H,28,29,31). The number of ether oxygens (including phenoxy) is 1. The molecule has 164 valence electrons. The van der Waals surface area contributed by atoms with E-state index in [2.05, 4.69) is 20.6 Å². The predicted octanol–water partition coefficient (Wildman–Crippen LogP) is 5.88. The van der Waals surface area contributed by atoms with Crippen LogP contribution in [0.5, 0.6) is 11.5 Å². The number of hydrogen-bond acceptors (Lipinski definition) is 5. The summed E-state index contributed by atoms with van der Waals surface area (Å²) in [6.45, 7) is 1.94. The van der Waals surface area contributed by atoms with Crippen LogP contribution in [-0.2, 0) is 0 Å².